The fourth-order valence-electron chi connectivity index (χ4n) is 4.13. The van der Waals surface area contributed by atoms with Gasteiger partial charge in [-0.1, -0.05) is 49.9 Å². The van der Waals surface area contributed by atoms with Crippen molar-refractivity contribution in [2.24, 2.45) is 0 Å². The van der Waals surface area contributed by atoms with Crippen LogP contribution in [-0.2, 0) is 19.5 Å². The molecule has 0 radical (unpaired) electrons. The quantitative estimate of drug-likeness (QED) is 0.181. The van der Waals surface area contributed by atoms with Crippen molar-refractivity contribution in [3.63, 3.8) is 0 Å². The first kappa shape index (κ1) is 28.6. The van der Waals surface area contributed by atoms with Gasteiger partial charge >= 0.3 is 19.5 Å². The van der Waals surface area contributed by atoms with E-state index in [4.69, 9.17) is 0 Å². The summed E-state index contributed by atoms with van der Waals surface area (Å²) in [6.45, 7) is 8.58. The Morgan fingerprint density at radius 2 is 0.771 bits per heavy atom. The number of imide groups is 2. The summed E-state index contributed by atoms with van der Waals surface area (Å²) in [4.78, 5) is 50.6. The van der Waals surface area contributed by atoms with E-state index >= 15 is 0 Å². The smallest absolute Gasteiger partial charge is 0.343 e. The number of carbonyl (C=O) groups is 4. The van der Waals surface area contributed by atoms with Gasteiger partial charge in [-0.2, -0.15) is 12.8 Å². The van der Waals surface area contributed by atoms with E-state index in [1.165, 1.54) is 9.80 Å². The van der Waals surface area contributed by atoms with Crippen LogP contribution in [0, 0.1) is 13.8 Å². The van der Waals surface area contributed by atoms with Crippen LogP contribution in [0.25, 0.3) is 0 Å². The molecule has 35 heavy (non-hydrogen) atoms. The molecule has 2 aromatic carbocycles. The molecule has 4 rings (SSSR count). The van der Waals surface area contributed by atoms with Gasteiger partial charge in [0.15, 0.2) is 0 Å². The van der Waals surface area contributed by atoms with Crippen LogP contribution in [-0.4, -0.2) is 46.5 Å². The van der Waals surface area contributed by atoms with Gasteiger partial charge in [0.25, 0.3) is 23.6 Å². The Morgan fingerprint density at radius 1 is 0.486 bits per heavy atom. The van der Waals surface area contributed by atoms with E-state index in [9.17, 15) is 19.2 Å². The molecule has 6 nitrogen and oxygen atoms in total. The molecule has 4 amide bonds. The molecule has 0 N–H and O–H groups in total. The van der Waals surface area contributed by atoms with Gasteiger partial charge < -0.3 is 13.8 Å². The van der Waals surface area contributed by atoms with Crippen molar-refractivity contribution in [2.75, 3.05) is 13.1 Å². The van der Waals surface area contributed by atoms with E-state index in [1.54, 1.807) is 48.5 Å². The molecule has 0 spiro atoms. The molecule has 0 aliphatic carbocycles. The molecule has 0 fully saturated rings. The molecule has 2 heterocycles. The first-order chi connectivity index (χ1) is 16.5. The third-order valence-corrected chi connectivity index (χ3v) is 6.02. The molecule has 180 valence electrons. The van der Waals surface area contributed by atoms with E-state index in [1.807, 2.05) is 0 Å². The largest absolute Gasteiger partial charge is 2.00 e. The summed E-state index contributed by atoms with van der Waals surface area (Å²) in [5.74, 6) is -0.610. The Kier molecular flexibility index (Phi) is 11.5. The number of hydrogen-bond donors (Lipinski definition) is 0. The molecular formula is C28H32N2O4Zn. The summed E-state index contributed by atoms with van der Waals surface area (Å²) in [6.07, 6.45) is 7.65. The Hall–Kier alpha value is -2.66. The van der Waals surface area contributed by atoms with Gasteiger partial charge in [-0.05, 0) is 37.1 Å². The van der Waals surface area contributed by atoms with Crippen LogP contribution in [0.15, 0.2) is 48.5 Å². The topological polar surface area (TPSA) is 74.8 Å². The second-order valence-corrected chi connectivity index (χ2v) is 8.44. The van der Waals surface area contributed by atoms with Crippen molar-refractivity contribution in [1.29, 1.82) is 0 Å². The Bertz CT molecular complexity index is 899. The summed E-state index contributed by atoms with van der Waals surface area (Å²) in [5, 5.41) is 0. The molecular weight excluding hydrogens is 494 g/mol. The van der Waals surface area contributed by atoms with Gasteiger partial charge in [-0.3, -0.25) is 29.0 Å². The Labute approximate surface area is 220 Å². The fraction of sp³-hybridized carbons (Fsp3) is 0.357. The number of benzene rings is 2. The van der Waals surface area contributed by atoms with E-state index in [-0.39, 0.29) is 43.1 Å². The molecule has 2 aromatic rings. The number of hydrogen-bond acceptors (Lipinski definition) is 4. The van der Waals surface area contributed by atoms with Crippen LogP contribution in [0.3, 0.4) is 0 Å². The SMILES string of the molecule is [CH2-]CCCCCN1C(=O)c2ccccc2C1=O.[CH2-]CCCCCN1C(=O)c2ccccc2C1=O.[Zn+2]. The zero-order valence-corrected chi connectivity index (χ0v) is 23.3. The maximum Gasteiger partial charge on any atom is 2.00 e. The fourth-order valence-corrected chi connectivity index (χ4v) is 4.13. The summed E-state index contributed by atoms with van der Waals surface area (Å²) in [5.41, 5.74) is 2.15. The summed E-state index contributed by atoms with van der Waals surface area (Å²) < 4.78 is 0. The molecule has 2 aliphatic heterocycles. The number of unbranched alkanes of at least 4 members (excludes halogenated alkanes) is 6. The van der Waals surface area contributed by atoms with Crippen LogP contribution in [0.2, 0.25) is 0 Å². The van der Waals surface area contributed by atoms with Crippen molar-refractivity contribution in [1.82, 2.24) is 9.80 Å². The molecule has 0 saturated carbocycles. The molecule has 2 aliphatic rings. The summed E-state index contributed by atoms with van der Waals surface area (Å²) in [7, 11) is 0. The number of nitrogens with zero attached hydrogens (tertiary/aromatic N) is 2. The van der Waals surface area contributed by atoms with Gasteiger partial charge in [0.1, 0.15) is 0 Å². The second kappa shape index (κ2) is 14.0. The molecule has 0 aromatic heterocycles. The van der Waals surface area contributed by atoms with Crippen molar-refractivity contribution >= 4 is 23.6 Å². The number of fused-ring (bicyclic) bond motifs is 2. The first-order valence-electron chi connectivity index (χ1n) is 12.0. The van der Waals surface area contributed by atoms with Crippen LogP contribution in [0.5, 0.6) is 0 Å². The van der Waals surface area contributed by atoms with Crippen molar-refractivity contribution in [3.05, 3.63) is 84.6 Å². The third kappa shape index (κ3) is 6.73. The first-order valence-corrected chi connectivity index (χ1v) is 12.0. The molecule has 0 atom stereocenters. The number of amides is 4. The normalized spacial score (nSPS) is 13.9. The number of rotatable bonds is 10. The maximum atomic E-state index is 12.0. The molecule has 0 unspecified atom stereocenters. The molecule has 0 saturated heterocycles. The van der Waals surface area contributed by atoms with Crippen LogP contribution >= 0.6 is 0 Å². The van der Waals surface area contributed by atoms with Gasteiger partial charge in [-0.15, -0.1) is 0 Å². The minimum Gasteiger partial charge on any atom is -0.343 e. The minimum absolute atomic E-state index is 0. The average Bonchev–Trinajstić information content (AvgIpc) is 3.25. The monoisotopic (exact) mass is 524 g/mol. The number of carbonyl (C=O) groups excluding carboxylic acids is 4. The van der Waals surface area contributed by atoms with Crippen LogP contribution in [0.4, 0.5) is 0 Å². The van der Waals surface area contributed by atoms with Crippen molar-refractivity contribution < 1.29 is 38.7 Å². The zero-order valence-electron chi connectivity index (χ0n) is 20.3. The predicted molar refractivity (Wildman–Crippen MR) is 131 cm³/mol. The Balaban J connectivity index is 0.000000240. The van der Waals surface area contributed by atoms with E-state index in [0.717, 1.165) is 51.4 Å². The maximum absolute atomic E-state index is 12.0. The molecule has 0 bridgehead atoms. The molecule has 7 heteroatoms. The summed E-state index contributed by atoms with van der Waals surface area (Å²) >= 11 is 0. The third-order valence-electron chi connectivity index (χ3n) is 6.02. The van der Waals surface area contributed by atoms with Crippen LogP contribution < -0.4 is 0 Å². The van der Waals surface area contributed by atoms with Gasteiger partial charge in [-0.25, -0.2) is 0 Å². The van der Waals surface area contributed by atoms with Gasteiger partial charge in [0.05, 0.1) is 22.3 Å². The van der Waals surface area contributed by atoms with Crippen molar-refractivity contribution in [3.8, 4) is 0 Å². The standard InChI is InChI=1S/2C14H16NO2.Zn/c2*1-2-3-4-7-10-15-13(16)11-8-5-6-9-12(11)14(15)17;/h2*5-6,8-9H,1-4,7,10H2;/q2*-1;+2. The Morgan fingerprint density at radius 3 is 1.03 bits per heavy atom. The minimum atomic E-state index is -0.153. The van der Waals surface area contributed by atoms with Crippen LogP contribution in [0.1, 0.15) is 92.8 Å². The second-order valence-electron chi connectivity index (χ2n) is 8.44. The van der Waals surface area contributed by atoms with Gasteiger partial charge in [0, 0.05) is 13.1 Å². The van der Waals surface area contributed by atoms with E-state index in [0.29, 0.717) is 35.3 Å². The van der Waals surface area contributed by atoms with E-state index < -0.39 is 0 Å². The predicted octanol–water partition coefficient (Wildman–Crippen LogP) is 5.35. The van der Waals surface area contributed by atoms with E-state index in [2.05, 4.69) is 13.8 Å². The zero-order chi connectivity index (χ0) is 24.5. The average molecular weight is 526 g/mol. The summed E-state index contributed by atoms with van der Waals surface area (Å²) in [6, 6.07) is 14.0. The van der Waals surface area contributed by atoms with Crippen molar-refractivity contribution in [2.45, 2.75) is 51.4 Å². The van der Waals surface area contributed by atoms with Gasteiger partial charge in [0.2, 0.25) is 0 Å².